The number of amides is 1. The second-order valence-electron chi connectivity index (χ2n) is 5.07. The molecule has 1 amide bonds. The molecule has 0 unspecified atom stereocenters. The lowest BCUT2D eigenvalue weighted by atomic mass is 10.1. The number of carbonyl (C=O) groups is 1. The van der Waals surface area contributed by atoms with E-state index in [1.54, 1.807) is 28.5 Å². The largest absolute Gasteiger partial charge is 0.345 e. The molecule has 2 aromatic rings. The highest BCUT2D eigenvalue weighted by molar-refractivity contribution is 7.13. The van der Waals surface area contributed by atoms with Gasteiger partial charge in [0.1, 0.15) is 0 Å². The van der Waals surface area contributed by atoms with Crippen LogP contribution in [0.2, 0.25) is 0 Å². The first-order valence-electron chi connectivity index (χ1n) is 7.28. The topological polar surface area (TPSA) is 36.4 Å². The Hall–Kier alpha value is -2.76. The number of hydrogen-bond donors (Lipinski definition) is 0. The molecule has 0 saturated carbocycles. The molecule has 2 heterocycles. The predicted molar refractivity (Wildman–Crippen MR) is 92.2 cm³/mol. The van der Waals surface area contributed by atoms with Crippen LogP contribution in [0.1, 0.15) is 11.1 Å². The normalized spacial score (nSPS) is 13.9. The van der Waals surface area contributed by atoms with E-state index in [0.29, 0.717) is 13.1 Å². The van der Waals surface area contributed by atoms with E-state index in [9.17, 15) is 4.79 Å². The van der Waals surface area contributed by atoms with Gasteiger partial charge in [0, 0.05) is 54.8 Å². The highest BCUT2D eigenvalue weighted by Gasteiger charge is 2.21. The number of aromatic nitrogens is 1. The van der Waals surface area contributed by atoms with Crippen LogP contribution >= 0.6 is 11.3 Å². The lowest BCUT2D eigenvalue weighted by Gasteiger charge is -2.33. The fourth-order valence-electron chi connectivity index (χ4n) is 2.36. The smallest absolute Gasteiger partial charge is 0.298 e. The van der Waals surface area contributed by atoms with Crippen LogP contribution in [0, 0.1) is 24.2 Å². The molecule has 1 aliphatic rings. The Labute approximate surface area is 139 Å². The van der Waals surface area contributed by atoms with Crippen molar-refractivity contribution in [2.75, 3.05) is 31.1 Å². The van der Waals surface area contributed by atoms with Crippen molar-refractivity contribution in [3.05, 3.63) is 47.0 Å². The van der Waals surface area contributed by atoms with Gasteiger partial charge in [-0.25, -0.2) is 4.98 Å². The molecule has 0 radical (unpaired) electrons. The summed E-state index contributed by atoms with van der Waals surface area (Å²) < 4.78 is 0. The summed E-state index contributed by atoms with van der Waals surface area (Å²) in [6.45, 7) is 2.90. The van der Waals surface area contributed by atoms with Gasteiger partial charge < -0.3 is 9.80 Å². The SMILES string of the molecule is C#Cc1cccc(C#CC(=O)N2CCN(c3nccs3)CC2)c1. The molecule has 5 heteroatoms. The number of piperazine rings is 1. The van der Waals surface area contributed by atoms with Gasteiger partial charge in [0.2, 0.25) is 0 Å². The third kappa shape index (κ3) is 3.71. The van der Waals surface area contributed by atoms with Gasteiger partial charge >= 0.3 is 0 Å². The van der Waals surface area contributed by atoms with E-state index in [0.717, 1.165) is 29.3 Å². The zero-order valence-corrected chi connectivity index (χ0v) is 13.3. The van der Waals surface area contributed by atoms with Gasteiger partial charge in [-0.1, -0.05) is 17.9 Å². The minimum Gasteiger partial charge on any atom is -0.345 e. The molecule has 1 aromatic carbocycles. The van der Waals surface area contributed by atoms with E-state index < -0.39 is 0 Å². The number of terminal acetylenes is 1. The average Bonchev–Trinajstić information content (AvgIpc) is 3.14. The van der Waals surface area contributed by atoms with Crippen LogP contribution in [0.25, 0.3) is 0 Å². The van der Waals surface area contributed by atoms with Crippen LogP contribution in [0.15, 0.2) is 35.8 Å². The van der Waals surface area contributed by atoms with Gasteiger partial charge in [0.25, 0.3) is 5.91 Å². The Balaban J connectivity index is 1.60. The van der Waals surface area contributed by atoms with Crippen LogP contribution in [0.4, 0.5) is 5.13 Å². The lowest BCUT2D eigenvalue weighted by Crippen LogP contribution is -2.48. The fraction of sp³-hybridized carbons (Fsp3) is 0.222. The maximum Gasteiger partial charge on any atom is 0.298 e. The van der Waals surface area contributed by atoms with Gasteiger partial charge in [-0.15, -0.1) is 17.8 Å². The molecule has 1 fully saturated rings. The summed E-state index contributed by atoms with van der Waals surface area (Å²) in [7, 11) is 0. The molecule has 4 nitrogen and oxygen atoms in total. The first kappa shape index (κ1) is 15.1. The Morgan fingerprint density at radius 1 is 1.22 bits per heavy atom. The molecule has 0 aliphatic carbocycles. The van der Waals surface area contributed by atoms with Gasteiger partial charge in [-0.3, -0.25) is 4.79 Å². The van der Waals surface area contributed by atoms with Crippen molar-refractivity contribution < 1.29 is 4.79 Å². The maximum atomic E-state index is 12.2. The van der Waals surface area contributed by atoms with Gasteiger partial charge in [0.05, 0.1) is 0 Å². The van der Waals surface area contributed by atoms with Crippen molar-refractivity contribution >= 4 is 22.4 Å². The van der Waals surface area contributed by atoms with Crippen molar-refractivity contribution in [3.8, 4) is 24.2 Å². The first-order valence-corrected chi connectivity index (χ1v) is 8.16. The number of hydrogen-bond acceptors (Lipinski definition) is 4. The Morgan fingerprint density at radius 2 is 2.00 bits per heavy atom. The lowest BCUT2D eigenvalue weighted by molar-refractivity contribution is -0.125. The van der Waals surface area contributed by atoms with E-state index in [2.05, 4.69) is 27.6 Å². The summed E-state index contributed by atoms with van der Waals surface area (Å²) >= 11 is 1.62. The molecular formula is C18H15N3OS. The Morgan fingerprint density at radius 3 is 2.70 bits per heavy atom. The molecule has 1 saturated heterocycles. The standard InChI is InChI=1S/C18H15N3OS/c1-2-15-4-3-5-16(14-15)6-7-17(22)20-9-11-21(12-10-20)18-19-8-13-23-18/h1,3-5,8,13-14H,9-12H2. The molecule has 0 spiro atoms. The van der Waals surface area contributed by atoms with E-state index in [4.69, 9.17) is 6.42 Å². The monoisotopic (exact) mass is 321 g/mol. The van der Waals surface area contributed by atoms with Crippen molar-refractivity contribution in [1.29, 1.82) is 0 Å². The van der Waals surface area contributed by atoms with E-state index >= 15 is 0 Å². The predicted octanol–water partition coefficient (Wildman–Crippen LogP) is 1.82. The van der Waals surface area contributed by atoms with Gasteiger partial charge in [0.15, 0.2) is 5.13 Å². The van der Waals surface area contributed by atoms with Crippen LogP contribution in [-0.4, -0.2) is 42.0 Å². The highest BCUT2D eigenvalue weighted by Crippen LogP contribution is 2.18. The van der Waals surface area contributed by atoms with Crippen LogP contribution in [0.5, 0.6) is 0 Å². The summed E-state index contributed by atoms with van der Waals surface area (Å²) in [5.74, 6) is 8.02. The number of benzene rings is 1. The molecule has 0 N–H and O–H groups in total. The molecule has 0 bridgehead atoms. The van der Waals surface area contributed by atoms with E-state index in [1.807, 2.05) is 23.6 Å². The Kier molecular flexibility index (Phi) is 4.61. The van der Waals surface area contributed by atoms with Gasteiger partial charge in [-0.05, 0) is 18.2 Å². The summed E-state index contributed by atoms with van der Waals surface area (Å²) in [6, 6.07) is 7.34. The fourth-order valence-corrected chi connectivity index (χ4v) is 3.06. The summed E-state index contributed by atoms with van der Waals surface area (Å²) in [5.41, 5.74) is 1.52. The van der Waals surface area contributed by atoms with E-state index in [-0.39, 0.29) is 5.91 Å². The van der Waals surface area contributed by atoms with Crippen molar-refractivity contribution in [2.24, 2.45) is 0 Å². The maximum absolute atomic E-state index is 12.2. The number of thiazole rings is 1. The minimum atomic E-state index is -0.144. The highest BCUT2D eigenvalue weighted by atomic mass is 32.1. The second kappa shape index (κ2) is 7.00. The summed E-state index contributed by atoms with van der Waals surface area (Å²) in [5, 5.41) is 2.97. The third-order valence-corrected chi connectivity index (χ3v) is 4.43. The van der Waals surface area contributed by atoms with Crippen molar-refractivity contribution in [1.82, 2.24) is 9.88 Å². The number of carbonyl (C=O) groups excluding carboxylic acids is 1. The Bertz CT molecular complexity index is 788. The molecular weight excluding hydrogens is 306 g/mol. The molecule has 0 atom stereocenters. The quantitative estimate of drug-likeness (QED) is 0.752. The number of rotatable bonds is 1. The summed E-state index contributed by atoms with van der Waals surface area (Å²) in [4.78, 5) is 20.5. The second-order valence-corrected chi connectivity index (χ2v) is 5.94. The molecule has 3 rings (SSSR count). The van der Waals surface area contributed by atoms with Gasteiger partial charge in [-0.2, -0.15) is 0 Å². The molecule has 23 heavy (non-hydrogen) atoms. The molecule has 1 aromatic heterocycles. The average molecular weight is 321 g/mol. The number of nitrogens with zero attached hydrogens (tertiary/aromatic N) is 3. The van der Waals surface area contributed by atoms with Crippen molar-refractivity contribution in [2.45, 2.75) is 0 Å². The van der Waals surface area contributed by atoms with Crippen LogP contribution in [0.3, 0.4) is 0 Å². The first-order chi connectivity index (χ1) is 11.3. The van der Waals surface area contributed by atoms with Crippen molar-refractivity contribution in [3.63, 3.8) is 0 Å². The third-order valence-electron chi connectivity index (χ3n) is 3.60. The van der Waals surface area contributed by atoms with Crippen LogP contribution < -0.4 is 4.90 Å². The number of anilines is 1. The van der Waals surface area contributed by atoms with E-state index in [1.165, 1.54) is 0 Å². The zero-order valence-electron chi connectivity index (χ0n) is 12.5. The minimum absolute atomic E-state index is 0.144. The zero-order chi connectivity index (χ0) is 16.1. The van der Waals surface area contributed by atoms with Crippen LogP contribution in [-0.2, 0) is 4.79 Å². The molecule has 1 aliphatic heterocycles. The molecule has 114 valence electrons. The summed E-state index contributed by atoms with van der Waals surface area (Å²) in [6.07, 6.45) is 7.16.